The van der Waals surface area contributed by atoms with E-state index in [9.17, 15) is 4.79 Å². The Morgan fingerprint density at radius 2 is 2.08 bits per heavy atom. The summed E-state index contributed by atoms with van der Waals surface area (Å²) in [6, 6.07) is 0. The van der Waals surface area contributed by atoms with E-state index in [4.69, 9.17) is 0 Å². The van der Waals surface area contributed by atoms with E-state index in [0.717, 1.165) is 12.1 Å². The average Bonchev–Trinajstić information content (AvgIpc) is 1.82. The zero-order valence-electron chi connectivity index (χ0n) is 8.14. The Morgan fingerprint density at radius 3 is 2.50 bits per heavy atom. The van der Waals surface area contributed by atoms with Crippen LogP contribution in [0.2, 0.25) is 0 Å². The van der Waals surface area contributed by atoms with E-state index in [-0.39, 0.29) is 11.4 Å². The highest BCUT2D eigenvalue weighted by Gasteiger charge is 2.26. The number of hydrogen-bond acceptors (Lipinski definition) is 2. The molecule has 12 heavy (non-hydrogen) atoms. The highest BCUT2D eigenvalue weighted by Crippen LogP contribution is 2.20. The number of hydrogen-bond donors (Lipinski definition) is 1. The lowest BCUT2D eigenvalue weighted by Crippen LogP contribution is -2.47. The van der Waals surface area contributed by atoms with Gasteiger partial charge in [0.2, 0.25) is 5.91 Å². The molecule has 0 spiro atoms. The molecule has 0 aliphatic carbocycles. The summed E-state index contributed by atoms with van der Waals surface area (Å²) in [5.74, 6) is 0.00921. The van der Waals surface area contributed by atoms with E-state index in [0.29, 0.717) is 0 Å². The zero-order valence-corrected chi connectivity index (χ0v) is 8.14. The molecule has 3 nitrogen and oxygen atoms in total. The van der Waals surface area contributed by atoms with Gasteiger partial charge in [-0.15, -0.1) is 0 Å². The summed E-state index contributed by atoms with van der Waals surface area (Å²) in [4.78, 5) is 13.2. The molecule has 1 aliphatic heterocycles. The number of amides is 1. The molecule has 1 aliphatic rings. The van der Waals surface area contributed by atoms with Crippen molar-refractivity contribution >= 4 is 5.91 Å². The molecule has 0 radical (unpaired) electrons. The summed E-state index contributed by atoms with van der Waals surface area (Å²) >= 11 is 0. The van der Waals surface area contributed by atoms with Gasteiger partial charge in [0, 0.05) is 37.8 Å². The van der Waals surface area contributed by atoms with E-state index in [1.54, 1.807) is 6.08 Å². The molecule has 1 N–H and O–H groups in total. The second kappa shape index (κ2) is 2.81. The zero-order chi connectivity index (χ0) is 9.35. The van der Waals surface area contributed by atoms with Gasteiger partial charge in [-0.1, -0.05) is 0 Å². The predicted molar refractivity (Wildman–Crippen MR) is 48.6 cm³/mol. The number of rotatable bonds is 1. The minimum Gasteiger partial charge on any atom is -0.381 e. The molecular weight excluding hydrogens is 152 g/mol. The fraction of sp³-hybridized carbons (Fsp3) is 0.667. The lowest BCUT2D eigenvalue weighted by molar-refractivity contribution is -0.118. The van der Waals surface area contributed by atoms with Crippen LogP contribution >= 0.6 is 0 Å². The van der Waals surface area contributed by atoms with Crippen LogP contribution in [-0.2, 0) is 4.79 Å². The van der Waals surface area contributed by atoms with Gasteiger partial charge in [0.15, 0.2) is 0 Å². The predicted octanol–water partition coefficient (Wildman–Crippen LogP) is 0.730. The van der Waals surface area contributed by atoms with Crippen molar-refractivity contribution in [3.8, 4) is 0 Å². The molecule has 68 valence electrons. The van der Waals surface area contributed by atoms with E-state index in [1.165, 1.54) is 0 Å². The van der Waals surface area contributed by atoms with Crippen LogP contribution in [0.15, 0.2) is 11.8 Å². The summed E-state index contributed by atoms with van der Waals surface area (Å²) in [6.07, 6.45) is 2.55. The summed E-state index contributed by atoms with van der Waals surface area (Å²) < 4.78 is 0. The summed E-state index contributed by atoms with van der Waals surface area (Å²) in [6.45, 7) is 4.06. The van der Waals surface area contributed by atoms with Crippen LogP contribution in [0, 0.1) is 0 Å². The molecule has 0 aromatic heterocycles. The minimum absolute atomic E-state index is 0.00921. The molecular formula is C9H16N2O. The van der Waals surface area contributed by atoms with Crippen molar-refractivity contribution in [2.45, 2.75) is 25.8 Å². The molecule has 0 bridgehead atoms. The molecule has 0 saturated heterocycles. The maximum atomic E-state index is 11.2. The van der Waals surface area contributed by atoms with Gasteiger partial charge in [-0.3, -0.25) is 4.79 Å². The smallest absolute Gasteiger partial charge is 0.246 e. The van der Waals surface area contributed by atoms with Crippen LogP contribution in [-0.4, -0.2) is 30.4 Å². The molecule has 0 aromatic carbocycles. The Labute approximate surface area is 73.4 Å². The normalized spacial score (nSPS) is 21.3. The second-order valence-corrected chi connectivity index (χ2v) is 4.08. The Hall–Kier alpha value is -0.990. The van der Waals surface area contributed by atoms with Gasteiger partial charge >= 0.3 is 0 Å². The maximum Gasteiger partial charge on any atom is 0.246 e. The number of carbonyl (C=O) groups is 1. The molecule has 3 heteroatoms. The van der Waals surface area contributed by atoms with E-state index < -0.39 is 0 Å². The average molecular weight is 168 g/mol. The quantitative estimate of drug-likeness (QED) is 0.626. The molecule has 1 amide bonds. The van der Waals surface area contributed by atoms with Crippen molar-refractivity contribution in [3.05, 3.63) is 11.8 Å². The maximum absolute atomic E-state index is 11.2. The molecule has 0 atom stereocenters. The summed E-state index contributed by atoms with van der Waals surface area (Å²) in [5, 5.41) is 2.90. The molecule has 0 fully saturated rings. The van der Waals surface area contributed by atoms with Crippen LogP contribution < -0.4 is 5.32 Å². The van der Waals surface area contributed by atoms with Crippen molar-refractivity contribution in [3.63, 3.8) is 0 Å². The summed E-state index contributed by atoms with van der Waals surface area (Å²) in [7, 11) is 3.92. The van der Waals surface area contributed by atoms with E-state index in [2.05, 4.69) is 5.32 Å². The van der Waals surface area contributed by atoms with Crippen molar-refractivity contribution in [1.29, 1.82) is 0 Å². The van der Waals surface area contributed by atoms with Gasteiger partial charge < -0.3 is 10.2 Å². The Bertz CT molecular complexity index is 229. The topological polar surface area (TPSA) is 32.3 Å². The largest absolute Gasteiger partial charge is 0.381 e. The first-order valence-corrected chi connectivity index (χ1v) is 4.11. The van der Waals surface area contributed by atoms with Crippen molar-refractivity contribution in [2.24, 2.45) is 0 Å². The van der Waals surface area contributed by atoms with Crippen LogP contribution in [0.3, 0.4) is 0 Å². The van der Waals surface area contributed by atoms with Crippen LogP contribution in [0.1, 0.15) is 20.3 Å². The lowest BCUT2D eigenvalue weighted by atomic mass is 9.94. The third kappa shape index (κ3) is 2.00. The highest BCUT2D eigenvalue weighted by molar-refractivity contribution is 5.89. The third-order valence-corrected chi connectivity index (χ3v) is 1.96. The van der Waals surface area contributed by atoms with Gasteiger partial charge in [0.05, 0.1) is 0 Å². The second-order valence-electron chi connectivity index (χ2n) is 4.08. The Balaban J connectivity index is 2.84. The molecule has 1 rings (SSSR count). The van der Waals surface area contributed by atoms with Gasteiger partial charge in [-0.25, -0.2) is 0 Å². The van der Waals surface area contributed by atoms with Gasteiger partial charge in [-0.2, -0.15) is 0 Å². The van der Waals surface area contributed by atoms with Gasteiger partial charge in [0.1, 0.15) is 0 Å². The number of nitrogens with one attached hydrogen (secondary N) is 1. The standard InChI is InChI=1S/C9H16N2O/c1-9(2)6-7(11(3)4)5-8(12)10-9/h5H,6H2,1-4H3,(H,10,12). The minimum atomic E-state index is -0.106. The fourth-order valence-electron chi connectivity index (χ4n) is 1.36. The monoisotopic (exact) mass is 168 g/mol. The van der Waals surface area contributed by atoms with Gasteiger partial charge in [-0.05, 0) is 13.8 Å². The van der Waals surface area contributed by atoms with Crippen LogP contribution in [0.5, 0.6) is 0 Å². The fourth-order valence-corrected chi connectivity index (χ4v) is 1.36. The number of nitrogens with zero attached hydrogens (tertiary/aromatic N) is 1. The molecule has 0 aromatic rings. The molecule has 0 unspecified atom stereocenters. The summed E-state index contributed by atoms with van der Waals surface area (Å²) in [5.41, 5.74) is 0.981. The number of carbonyl (C=O) groups excluding carboxylic acids is 1. The van der Waals surface area contributed by atoms with Crippen molar-refractivity contribution in [2.75, 3.05) is 14.1 Å². The first-order chi connectivity index (χ1) is 5.41. The van der Waals surface area contributed by atoms with E-state index >= 15 is 0 Å². The molecule has 0 saturated carbocycles. The lowest BCUT2D eigenvalue weighted by Gasteiger charge is -2.33. The van der Waals surface area contributed by atoms with Crippen LogP contribution in [0.4, 0.5) is 0 Å². The first kappa shape index (κ1) is 9.10. The first-order valence-electron chi connectivity index (χ1n) is 4.11. The van der Waals surface area contributed by atoms with Crippen molar-refractivity contribution < 1.29 is 4.79 Å². The Kier molecular flexibility index (Phi) is 2.13. The van der Waals surface area contributed by atoms with Crippen LogP contribution in [0.25, 0.3) is 0 Å². The van der Waals surface area contributed by atoms with E-state index in [1.807, 2.05) is 32.8 Å². The van der Waals surface area contributed by atoms with Crippen molar-refractivity contribution in [1.82, 2.24) is 10.2 Å². The SMILES string of the molecule is CN(C)C1=CC(=O)NC(C)(C)C1. The molecule has 1 heterocycles. The Morgan fingerprint density at radius 1 is 1.50 bits per heavy atom. The van der Waals surface area contributed by atoms with Gasteiger partial charge in [0.25, 0.3) is 0 Å². The third-order valence-electron chi connectivity index (χ3n) is 1.96. The highest BCUT2D eigenvalue weighted by atomic mass is 16.1.